The van der Waals surface area contributed by atoms with Crippen molar-refractivity contribution < 1.29 is 28.9 Å². The number of benzene rings is 3. The van der Waals surface area contributed by atoms with Crippen LogP contribution in [0.25, 0.3) is 31.1 Å². The van der Waals surface area contributed by atoms with Gasteiger partial charge in [-0.3, -0.25) is 0 Å². The van der Waals surface area contributed by atoms with Crippen LogP contribution in [0.5, 0.6) is 0 Å². The predicted octanol–water partition coefficient (Wildman–Crippen LogP) is 1.34. The van der Waals surface area contributed by atoms with Gasteiger partial charge in [0.05, 0.1) is 0 Å². The standard InChI is InChI=1S/C25H22NSe.ClHO4/c1-26(2)23-15-13-19(14-16-23)22-17-24(20-9-5-3-6-10-20)27-25(18-22)21-11-7-4-8-12-21;2-1(3,4)5/h3-18H,1-2H3;(H,2,3,4,5)/q+1;/p-1. The van der Waals surface area contributed by atoms with Gasteiger partial charge < -0.3 is 0 Å². The summed E-state index contributed by atoms with van der Waals surface area (Å²) in [6.07, 6.45) is 0. The maximum absolute atomic E-state index is 8.49. The van der Waals surface area contributed by atoms with E-state index < -0.39 is 10.2 Å². The molecule has 4 rings (SSSR count). The van der Waals surface area contributed by atoms with Crippen LogP contribution in [-0.4, -0.2) is 28.6 Å². The predicted molar refractivity (Wildman–Crippen MR) is 118 cm³/mol. The summed E-state index contributed by atoms with van der Waals surface area (Å²) in [6.45, 7) is 0. The number of halogens is 1. The van der Waals surface area contributed by atoms with Crippen LogP contribution in [0.3, 0.4) is 0 Å². The molecule has 7 heteroatoms. The first-order chi connectivity index (χ1) is 15.2. The molecule has 1 aromatic heterocycles. The van der Waals surface area contributed by atoms with Gasteiger partial charge in [0.15, 0.2) is 0 Å². The van der Waals surface area contributed by atoms with Gasteiger partial charge in [0, 0.05) is 0 Å². The molecule has 5 nitrogen and oxygen atoms in total. The van der Waals surface area contributed by atoms with Crippen LogP contribution < -0.4 is 23.5 Å². The summed E-state index contributed by atoms with van der Waals surface area (Å²) >= 11 is 0.287. The summed E-state index contributed by atoms with van der Waals surface area (Å²) in [5.74, 6) is 0. The monoisotopic (exact) mass is 515 g/mol. The van der Waals surface area contributed by atoms with Gasteiger partial charge >= 0.3 is 167 Å². The van der Waals surface area contributed by atoms with Crippen LogP contribution in [0.1, 0.15) is 0 Å². The molecule has 0 bridgehead atoms. The van der Waals surface area contributed by atoms with E-state index in [1.807, 2.05) is 0 Å². The van der Waals surface area contributed by atoms with Gasteiger partial charge in [-0.1, -0.05) is 0 Å². The van der Waals surface area contributed by atoms with Crippen molar-refractivity contribution >= 4 is 20.2 Å². The van der Waals surface area contributed by atoms with Crippen molar-refractivity contribution in [1.29, 1.82) is 0 Å². The largest absolute Gasteiger partial charge is 0.222 e. The van der Waals surface area contributed by atoms with E-state index in [2.05, 4.69) is 116 Å². The third-order valence-corrected chi connectivity index (χ3v) is 7.03. The fraction of sp³-hybridized carbons (Fsp3) is 0.0800. The number of nitrogens with zero attached hydrogens (tertiary/aromatic N) is 1. The molecule has 164 valence electrons. The molecule has 0 saturated heterocycles. The molecule has 0 spiro atoms. The molecule has 32 heavy (non-hydrogen) atoms. The van der Waals surface area contributed by atoms with Gasteiger partial charge in [-0.15, -0.1) is 10.2 Å². The first-order valence-electron chi connectivity index (χ1n) is 9.69. The zero-order chi connectivity index (χ0) is 23.1. The molecule has 0 radical (unpaired) electrons. The van der Waals surface area contributed by atoms with Crippen LogP contribution in [0, 0.1) is 10.2 Å². The summed E-state index contributed by atoms with van der Waals surface area (Å²) in [6, 6.07) is 35.1. The first-order valence-corrected chi connectivity index (χ1v) is 12.6. The molecule has 0 amide bonds. The summed E-state index contributed by atoms with van der Waals surface area (Å²) < 4.78 is 36.8. The van der Waals surface area contributed by atoms with Crippen LogP contribution in [-0.2, 0) is 0 Å². The van der Waals surface area contributed by atoms with Crippen LogP contribution in [0.4, 0.5) is 5.69 Å². The summed E-state index contributed by atoms with van der Waals surface area (Å²) in [5.41, 5.74) is 6.41. The molecule has 0 aliphatic heterocycles. The van der Waals surface area contributed by atoms with E-state index in [0.717, 1.165) is 0 Å². The van der Waals surface area contributed by atoms with Crippen molar-refractivity contribution in [3.8, 4) is 31.1 Å². The zero-order valence-electron chi connectivity index (χ0n) is 17.6. The van der Waals surface area contributed by atoms with E-state index in [1.54, 1.807) is 0 Å². The van der Waals surface area contributed by atoms with E-state index in [9.17, 15) is 0 Å². The second kappa shape index (κ2) is 10.9. The minimum absolute atomic E-state index is 0.287. The minimum Gasteiger partial charge on any atom is -0.222 e. The van der Waals surface area contributed by atoms with Crippen molar-refractivity contribution in [2.24, 2.45) is 0 Å². The van der Waals surface area contributed by atoms with E-state index in [-0.39, 0.29) is 14.5 Å². The Kier molecular flexibility index (Phi) is 8.18. The maximum Gasteiger partial charge on any atom is -0.112 e. The van der Waals surface area contributed by atoms with E-state index in [4.69, 9.17) is 18.6 Å². The Balaban J connectivity index is 0.000000523. The Morgan fingerprint density at radius 3 is 1.34 bits per heavy atom. The van der Waals surface area contributed by atoms with E-state index in [0.29, 0.717) is 0 Å². The van der Waals surface area contributed by atoms with Gasteiger partial charge in [-0.25, -0.2) is 18.6 Å². The molecule has 0 fully saturated rings. The molecule has 0 unspecified atom stereocenters. The normalized spacial score (nSPS) is 10.8. The van der Waals surface area contributed by atoms with Crippen LogP contribution in [0.15, 0.2) is 97.1 Å². The van der Waals surface area contributed by atoms with Crippen molar-refractivity contribution in [3.63, 3.8) is 0 Å². The second-order valence-corrected chi connectivity index (χ2v) is 10.2. The Bertz CT molecular complexity index is 1070. The van der Waals surface area contributed by atoms with Crippen molar-refractivity contribution in [1.82, 2.24) is 0 Å². The molecule has 0 aliphatic rings. The SMILES string of the molecule is CN(C)c1ccc(-c2cc(-c3ccccc3)[se+]c(-c3ccccc3)c2)cc1.[O-][Cl+3]([O-])([O-])[O-]. The topological polar surface area (TPSA) is 95.5 Å². The molecular formula is C25H22ClNO4Se. The van der Waals surface area contributed by atoms with Gasteiger partial charge in [-0.2, -0.15) is 0 Å². The van der Waals surface area contributed by atoms with Gasteiger partial charge in [0.2, 0.25) is 0 Å². The van der Waals surface area contributed by atoms with Crippen LogP contribution in [0.2, 0.25) is 0 Å². The zero-order valence-corrected chi connectivity index (χ0v) is 20.1. The maximum atomic E-state index is 8.49. The summed E-state index contributed by atoms with van der Waals surface area (Å²) in [4.78, 5) is 2.13. The molecule has 0 saturated carbocycles. The third-order valence-electron chi connectivity index (χ3n) is 4.63. The van der Waals surface area contributed by atoms with E-state index in [1.165, 1.54) is 36.8 Å². The Labute approximate surface area is 196 Å². The molecule has 1 heterocycles. The molecule has 3 aromatic carbocycles. The Hall–Kier alpha value is -2.54. The average molecular weight is 515 g/mol. The Morgan fingerprint density at radius 2 is 0.969 bits per heavy atom. The van der Waals surface area contributed by atoms with Crippen molar-refractivity contribution in [2.75, 3.05) is 19.0 Å². The number of rotatable bonds is 4. The third kappa shape index (κ3) is 7.26. The molecule has 0 N–H and O–H groups in total. The molecular weight excluding hydrogens is 493 g/mol. The summed E-state index contributed by atoms with van der Waals surface area (Å²) in [5, 5.41) is 0. The molecule has 0 atom stereocenters. The minimum atomic E-state index is -4.94. The number of hydrogen-bond acceptors (Lipinski definition) is 5. The fourth-order valence-electron chi connectivity index (χ4n) is 3.11. The number of hydrogen-bond donors (Lipinski definition) is 0. The Morgan fingerprint density at radius 1 is 0.562 bits per heavy atom. The van der Waals surface area contributed by atoms with Crippen molar-refractivity contribution in [2.45, 2.75) is 0 Å². The van der Waals surface area contributed by atoms with Crippen LogP contribution >= 0.6 is 0 Å². The second-order valence-electron chi connectivity index (χ2n) is 7.13. The molecule has 0 aliphatic carbocycles. The van der Waals surface area contributed by atoms with Gasteiger partial charge in [0.1, 0.15) is 0 Å². The van der Waals surface area contributed by atoms with E-state index >= 15 is 0 Å². The quantitative estimate of drug-likeness (QED) is 0.383. The first kappa shape index (κ1) is 24.1. The fourth-order valence-corrected chi connectivity index (χ4v) is 5.45. The van der Waals surface area contributed by atoms with Gasteiger partial charge in [-0.05, 0) is 0 Å². The van der Waals surface area contributed by atoms with Crippen molar-refractivity contribution in [3.05, 3.63) is 97.1 Å². The summed E-state index contributed by atoms with van der Waals surface area (Å²) in [7, 11) is -0.793. The van der Waals surface area contributed by atoms with Gasteiger partial charge in [0.25, 0.3) is 0 Å². The smallest absolute Gasteiger partial charge is 0.112 e. The molecule has 4 aromatic rings. The number of anilines is 1. The average Bonchev–Trinajstić information content (AvgIpc) is 2.79.